The predicted molar refractivity (Wildman–Crippen MR) is 113 cm³/mol. The van der Waals surface area contributed by atoms with Gasteiger partial charge in [-0.1, -0.05) is 19.1 Å². The van der Waals surface area contributed by atoms with E-state index in [0.717, 1.165) is 17.7 Å². The topological polar surface area (TPSA) is 102 Å². The van der Waals surface area contributed by atoms with Crippen LogP contribution in [-0.4, -0.2) is 33.2 Å². The minimum absolute atomic E-state index is 0.130. The van der Waals surface area contributed by atoms with Crippen molar-refractivity contribution in [3.05, 3.63) is 66.0 Å². The zero-order valence-electron chi connectivity index (χ0n) is 16.7. The number of rotatable bonds is 7. The second-order valence-corrected chi connectivity index (χ2v) is 6.63. The van der Waals surface area contributed by atoms with Crippen molar-refractivity contribution in [3.63, 3.8) is 0 Å². The quantitative estimate of drug-likeness (QED) is 0.485. The normalized spacial score (nSPS) is 10.7. The third-order valence-electron chi connectivity index (χ3n) is 4.53. The lowest BCUT2D eigenvalue weighted by Crippen LogP contribution is -2.14. The summed E-state index contributed by atoms with van der Waals surface area (Å²) < 4.78 is 11.2. The lowest BCUT2D eigenvalue weighted by Gasteiger charge is -2.09. The van der Waals surface area contributed by atoms with E-state index in [2.05, 4.69) is 25.5 Å². The average Bonchev–Trinajstić information content (AvgIpc) is 3.22. The van der Waals surface area contributed by atoms with Crippen molar-refractivity contribution in [2.75, 3.05) is 12.4 Å². The summed E-state index contributed by atoms with van der Waals surface area (Å²) in [5.41, 5.74) is 3.17. The first-order chi connectivity index (χ1) is 14.6. The first-order valence-corrected chi connectivity index (χ1v) is 9.55. The van der Waals surface area contributed by atoms with E-state index in [1.807, 2.05) is 43.3 Å². The van der Waals surface area contributed by atoms with Crippen LogP contribution in [0.2, 0.25) is 0 Å². The molecule has 4 aromatic rings. The van der Waals surface area contributed by atoms with Crippen LogP contribution in [0.4, 0.5) is 5.82 Å². The number of aryl methyl sites for hydroxylation is 1. The maximum absolute atomic E-state index is 12.2. The van der Waals surface area contributed by atoms with Crippen LogP contribution in [0.15, 0.2) is 54.7 Å². The molecule has 0 bridgehead atoms. The van der Waals surface area contributed by atoms with Crippen LogP contribution in [0.5, 0.6) is 17.4 Å². The molecule has 2 N–H and O–H groups in total. The van der Waals surface area contributed by atoms with Crippen LogP contribution in [0.25, 0.3) is 11.0 Å². The molecule has 0 aliphatic rings. The highest BCUT2D eigenvalue weighted by molar-refractivity contribution is 5.91. The lowest BCUT2D eigenvalue weighted by molar-refractivity contribution is -0.115. The molecular formula is C22H21N5O3. The number of benzene rings is 1. The maximum atomic E-state index is 12.2. The summed E-state index contributed by atoms with van der Waals surface area (Å²) >= 11 is 0. The summed E-state index contributed by atoms with van der Waals surface area (Å²) in [5.74, 6) is 2.11. The number of nitrogens with zero attached hydrogens (tertiary/aromatic N) is 3. The predicted octanol–water partition coefficient (Wildman–Crippen LogP) is 3.90. The van der Waals surface area contributed by atoms with Crippen molar-refractivity contribution in [2.45, 2.75) is 19.8 Å². The molecule has 0 aliphatic heterocycles. The number of pyridine rings is 2. The second-order valence-electron chi connectivity index (χ2n) is 6.63. The molecule has 1 amide bonds. The number of anilines is 1. The highest BCUT2D eigenvalue weighted by Gasteiger charge is 2.10. The molecule has 0 unspecified atom stereocenters. The molecule has 0 saturated heterocycles. The molecule has 0 radical (unpaired) electrons. The number of carbonyl (C=O) groups excluding carboxylic acids is 1. The standard InChI is InChI=1S/C22H21N5O3/c1-3-15-13-19(27-26-15)24-20(28)12-14-4-6-16(7-5-14)30-18-10-11-23-17-8-9-21(29-2)25-22(17)18/h4-11,13H,3,12H2,1-2H3,(H2,24,26,27,28). The van der Waals surface area contributed by atoms with E-state index in [0.29, 0.717) is 34.2 Å². The second kappa shape index (κ2) is 8.60. The Morgan fingerprint density at radius 1 is 1.13 bits per heavy atom. The van der Waals surface area contributed by atoms with E-state index >= 15 is 0 Å². The summed E-state index contributed by atoms with van der Waals surface area (Å²) in [7, 11) is 1.56. The van der Waals surface area contributed by atoms with Gasteiger partial charge in [-0.3, -0.25) is 14.9 Å². The van der Waals surface area contributed by atoms with Gasteiger partial charge >= 0.3 is 0 Å². The number of carbonyl (C=O) groups is 1. The smallest absolute Gasteiger partial charge is 0.229 e. The summed E-state index contributed by atoms with van der Waals surface area (Å²) in [6.07, 6.45) is 2.74. The number of amides is 1. The Balaban J connectivity index is 1.44. The highest BCUT2D eigenvalue weighted by atomic mass is 16.5. The van der Waals surface area contributed by atoms with Crippen molar-refractivity contribution in [1.82, 2.24) is 20.2 Å². The minimum atomic E-state index is -0.130. The number of fused-ring (bicyclic) bond motifs is 1. The minimum Gasteiger partial charge on any atom is -0.481 e. The Labute approximate surface area is 173 Å². The zero-order chi connectivity index (χ0) is 20.9. The summed E-state index contributed by atoms with van der Waals surface area (Å²) in [6.45, 7) is 2.02. The molecule has 30 heavy (non-hydrogen) atoms. The Morgan fingerprint density at radius 3 is 2.70 bits per heavy atom. The molecule has 0 spiro atoms. The van der Waals surface area contributed by atoms with Crippen molar-refractivity contribution in [1.29, 1.82) is 0 Å². The molecule has 8 nitrogen and oxygen atoms in total. The van der Waals surface area contributed by atoms with Crippen molar-refractivity contribution in [3.8, 4) is 17.4 Å². The number of H-pyrrole nitrogens is 1. The van der Waals surface area contributed by atoms with Crippen LogP contribution < -0.4 is 14.8 Å². The lowest BCUT2D eigenvalue weighted by atomic mass is 10.1. The highest BCUT2D eigenvalue weighted by Crippen LogP contribution is 2.29. The van der Waals surface area contributed by atoms with E-state index in [-0.39, 0.29) is 12.3 Å². The van der Waals surface area contributed by atoms with Gasteiger partial charge in [0.25, 0.3) is 0 Å². The summed E-state index contributed by atoms with van der Waals surface area (Å²) in [4.78, 5) is 21.0. The fourth-order valence-corrected chi connectivity index (χ4v) is 2.96. The van der Waals surface area contributed by atoms with E-state index in [9.17, 15) is 4.79 Å². The molecule has 3 aromatic heterocycles. The zero-order valence-corrected chi connectivity index (χ0v) is 16.7. The van der Waals surface area contributed by atoms with E-state index in [1.165, 1.54) is 0 Å². The van der Waals surface area contributed by atoms with Crippen LogP contribution in [0.1, 0.15) is 18.2 Å². The molecule has 0 atom stereocenters. The maximum Gasteiger partial charge on any atom is 0.229 e. The first kappa shape index (κ1) is 19.4. The average molecular weight is 403 g/mol. The van der Waals surface area contributed by atoms with E-state index in [4.69, 9.17) is 9.47 Å². The van der Waals surface area contributed by atoms with Gasteiger partial charge in [0.2, 0.25) is 11.8 Å². The fraction of sp³-hybridized carbons (Fsp3) is 0.182. The van der Waals surface area contributed by atoms with Gasteiger partial charge in [0.1, 0.15) is 11.3 Å². The largest absolute Gasteiger partial charge is 0.481 e. The molecule has 152 valence electrons. The Morgan fingerprint density at radius 2 is 1.97 bits per heavy atom. The van der Waals surface area contributed by atoms with Gasteiger partial charge in [-0.2, -0.15) is 5.10 Å². The van der Waals surface area contributed by atoms with Crippen molar-refractivity contribution >= 4 is 22.8 Å². The van der Waals surface area contributed by atoms with Crippen molar-refractivity contribution in [2.24, 2.45) is 0 Å². The molecule has 3 heterocycles. The third-order valence-corrected chi connectivity index (χ3v) is 4.53. The third kappa shape index (κ3) is 4.38. The molecule has 4 rings (SSSR count). The molecule has 8 heteroatoms. The number of hydrogen-bond acceptors (Lipinski definition) is 6. The number of ether oxygens (including phenoxy) is 2. The monoisotopic (exact) mass is 403 g/mol. The van der Waals surface area contributed by atoms with Gasteiger partial charge in [0, 0.05) is 30.1 Å². The Hall–Kier alpha value is -3.94. The number of aromatic amines is 1. The van der Waals surface area contributed by atoms with Gasteiger partial charge in [-0.25, -0.2) is 4.98 Å². The summed E-state index contributed by atoms with van der Waals surface area (Å²) in [5, 5.41) is 9.74. The van der Waals surface area contributed by atoms with E-state index in [1.54, 1.807) is 25.4 Å². The Kier molecular flexibility index (Phi) is 5.56. The number of nitrogens with one attached hydrogen (secondary N) is 2. The van der Waals surface area contributed by atoms with Crippen LogP contribution >= 0.6 is 0 Å². The van der Waals surface area contributed by atoms with Gasteiger partial charge in [0.15, 0.2) is 11.6 Å². The number of aromatic nitrogens is 4. The molecule has 0 saturated carbocycles. The van der Waals surface area contributed by atoms with Crippen LogP contribution in [0.3, 0.4) is 0 Å². The van der Waals surface area contributed by atoms with Gasteiger partial charge in [-0.15, -0.1) is 0 Å². The SMILES string of the molecule is CCc1cc(NC(=O)Cc2ccc(Oc3ccnc4ccc(OC)nc34)cc2)n[nH]1. The Bertz CT molecular complexity index is 1170. The first-order valence-electron chi connectivity index (χ1n) is 9.55. The molecular weight excluding hydrogens is 382 g/mol. The van der Waals surface area contributed by atoms with Gasteiger partial charge in [0.05, 0.1) is 19.0 Å². The summed E-state index contributed by atoms with van der Waals surface area (Å²) in [6, 6.07) is 14.5. The molecule has 0 aliphatic carbocycles. The van der Waals surface area contributed by atoms with Crippen LogP contribution in [0, 0.1) is 0 Å². The van der Waals surface area contributed by atoms with Gasteiger partial charge < -0.3 is 14.8 Å². The molecule has 1 aromatic carbocycles. The van der Waals surface area contributed by atoms with E-state index < -0.39 is 0 Å². The molecule has 0 fully saturated rings. The number of hydrogen-bond donors (Lipinski definition) is 2. The number of methoxy groups -OCH3 is 1. The fourth-order valence-electron chi connectivity index (χ4n) is 2.96. The van der Waals surface area contributed by atoms with Gasteiger partial charge in [-0.05, 0) is 30.2 Å². The van der Waals surface area contributed by atoms with Crippen molar-refractivity contribution < 1.29 is 14.3 Å². The van der Waals surface area contributed by atoms with Crippen LogP contribution in [-0.2, 0) is 17.6 Å².